The number of hydrogen-bond acceptors (Lipinski definition) is 3. The highest BCUT2D eigenvalue weighted by molar-refractivity contribution is 5.85. The Labute approximate surface area is 94.4 Å². The normalized spacial score (nSPS) is 10.6. The Morgan fingerprint density at radius 2 is 1.94 bits per heavy atom. The Bertz CT molecular complexity index is 480. The van der Waals surface area contributed by atoms with Crippen molar-refractivity contribution in [3.63, 3.8) is 0 Å². The van der Waals surface area contributed by atoms with Gasteiger partial charge in [-0.3, -0.25) is 0 Å². The SMILES string of the molecule is COc1ccccc1/C=N/c1ccccn1. The van der Waals surface area contributed by atoms with Crippen molar-refractivity contribution in [2.75, 3.05) is 7.11 Å². The van der Waals surface area contributed by atoms with Gasteiger partial charge in [0, 0.05) is 18.0 Å². The van der Waals surface area contributed by atoms with Crippen molar-refractivity contribution in [3.8, 4) is 5.75 Å². The van der Waals surface area contributed by atoms with Gasteiger partial charge in [0.15, 0.2) is 5.82 Å². The summed E-state index contributed by atoms with van der Waals surface area (Å²) in [6, 6.07) is 13.3. The van der Waals surface area contributed by atoms with Gasteiger partial charge in [-0.25, -0.2) is 9.98 Å². The number of methoxy groups -OCH3 is 1. The maximum absolute atomic E-state index is 5.22. The second-order valence-corrected chi connectivity index (χ2v) is 3.19. The number of hydrogen-bond donors (Lipinski definition) is 0. The maximum Gasteiger partial charge on any atom is 0.151 e. The zero-order chi connectivity index (χ0) is 11.2. The van der Waals surface area contributed by atoms with E-state index in [1.165, 1.54) is 0 Å². The summed E-state index contributed by atoms with van der Waals surface area (Å²) in [4.78, 5) is 8.38. The van der Waals surface area contributed by atoms with E-state index in [-0.39, 0.29) is 0 Å². The fraction of sp³-hybridized carbons (Fsp3) is 0.0769. The summed E-state index contributed by atoms with van der Waals surface area (Å²) in [6.07, 6.45) is 3.47. The largest absolute Gasteiger partial charge is 0.496 e. The lowest BCUT2D eigenvalue weighted by Gasteiger charge is -2.02. The van der Waals surface area contributed by atoms with Gasteiger partial charge in [-0.15, -0.1) is 0 Å². The average Bonchev–Trinajstić information content (AvgIpc) is 2.38. The molecule has 0 aliphatic rings. The van der Waals surface area contributed by atoms with Gasteiger partial charge in [0.05, 0.1) is 7.11 Å². The Morgan fingerprint density at radius 3 is 2.69 bits per heavy atom. The zero-order valence-electron chi connectivity index (χ0n) is 9.00. The first-order chi connectivity index (χ1) is 7.90. The third kappa shape index (κ3) is 2.45. The minimum atomic E-state index is 0.688. The molecule has 0 saturated carbocycles. The van der Waals surface area contributed by atoms with Gasteiger partial charge in [-0.05, 0) is 24.3 Å². The maximum atomic E-state index is 5.22. The van der Waals surface area contributed by atoms with Gasteiger partial charge >= 0.3 is 0 Å². The molecule has 0 amide bonds. The summed E-state index contributed by atoms with van der Waals surface area (Å²) in [5, 5.41) is 0. The molecule has 2 aromatic rings. The molecule has 3 nitrogen and oxygen atoms in total. The topological polar surface area (TPSA) is 34.5 Å². The number of aromatic nitrogens is 1. The van der Waals surface area contributed by atoms with Crippen LogP contribution in [0, 0.1) is 0 Å². The van der Waals surface area contributed by atoms with Gasteiger partial charge in [-0.2, -0.15) is 0 Å². The van der Waals surface area contributed by atoms with E-state index in [4.69, 9.17) is 4.74 Å². The highest BCUT2D eigenvalue weighted by Crippen LogP contribution is 2.16. The number of nitrogens with zero attached hydrogens (tertiary/aromatic N) is 2. The Kier molecular flexibility index (Phi) is 3.28. The van der Waals surface area contributed by atoms with Crippen LogP contribution in [0.15, 0.2) is 53.7 Å². The predicted molar refractivity (Wildman–Crippen MR) is 64.5 cm³/mol. The first kappa shape index (κ1) is 10.4. The van der Waals surface area contributed by atoms with E-state index < -0.39 is 0 Å². The van der Waals surface area contributed by atoms with Crippen LogP contribution in [0.4, 0.5) is 5.82 Å². The first-order valence-corrected chi connectivity index (χ1v) is 4.98. The highest BCUT2D eigenvalue weighted by Gasteiger charge is 1.97. The van der Waals surface area contributed by atoms with Crippen LogP contribution in [0.1, 0.15) is 5.56 Å². The van der Waals surface area contributed by atoms with E-state index in [1.807, 2.05) is 42.5 Å². The Balaban J connectivity index is 2.24. The Hall–Kier alpha value is -2.16. The minimum Gasteiger partial charge on any atom is -0.496 e. The van der Waals surface area contributed by atoms with Crippen LogP contribution in [0.25, 0.3) is 0 Å². The van der Waals surface area contributed by atoms with Crippen LogP contribution in [-0.4, -0.2) is 18.3 Å². The summed E-state index contributed by atoms with van der Waals surface area (Å²) in [7, 11) is 1.65. The van der Waals surface area contributed by atoms with Crippen molar-refractivity contribution < 1.29 is 4.74 Å². The van der Waals surface area contributed by atoms with Gasteiger partial charge < -0.3 is 4.74 Å². The lowest BCUT2D eigenvalue weighted by Crippen LogP contribution is -1.89. The second kappa shape index (κ2) is 5.07. The molecule has 0 radical (unpaired) electrons. The Morgan fingerprint density at radius 1 is 1.12 bits per heavy atom. The molecule has 2 rings (SSSR count). The van der Waals surface area contributed by atoms with Gasteiger partial charge in [0.25, 0.3) is 0 Å². The van der Waals surface area contributed by atoms with E-state index >= 15 is 0 Å². The smallest absolute Gasteiger partial charge is 0.151 e. The quantitative estimate of drug-likeness (QED) is 0.733. The minimum absolute atomic E-state index is 0.688. The molecule has 0 saturated heterocycles. The molecule has 3 heteroatoms. The molecule has 1 heterocycles. The first-order valence-electron chi connectivity index (χ1n) is 4.98. The van der Waals surface area contributed by atoms with Crippen molar-refractivity contribution in [2.45, 2.75) is 0 Å². The van der Waals surface area contributed by atoms with Crippen LogP contribution in [0.3, 0.4) is 0 Å². The fourth-order valence-corrected chi connectivity index (χ4v) is 1.34. The van der Waals surface area contributed by atoms with Crippen molar-refractivity contribution in [2.24, 2.45) is 4.99 Å². The molecule has 16 heavy (non-hydrogen) atoms. The summed E-state index contributed by atoms with van der Waals surface area (Å²) in [6.45, 7) is 0. The summed E-state index contributed by atoms with van der Waals surface area (Å²) < 4.78 is 5.22. The molecule has 80 valence electrons. The van der Waals surface area contributed by atoms with Crippen molar-refractivity contribution in [3.05, 3.63) is 54.2 Å². The van der Waals surface area contributed by atoms with Gasteiger partial charge in [-0.1, -0.05) is 18.2 Å². The van der Waals surface area contributed by atoms with Crippen LogP contribution in [0.5, 0.6) is 5.75 Å². The van der Waals surface area contributed by atoms with Gasteiger partial charge in [0.2, 0.25) is 0 Å². The number of para-hydroxylation sites is 1. The summed E-state index contributed by atoms with van der Waals surface area (Å²) in [5.74, 6) is 1.50. The average molecular weight is 212 g/mol. The molecule has 0 unspecified atom stereocenters. The fourth-order valence-electron chi connectivity index (χ4n) is 1.34. The molecule has 1 aromatic carbocycles. The summed E-state index contributed by atoms with van der Waals surface area (Å²) in [5.41, 5.74) is 0.940. The van der Waals surface area contributed by atoms with E-state index in [9.17, 15) is 0 Å². The molecule has 1 aromatic heterocycles. The van der Waals surface area contributed by atoms with Crippen molar-refractivity contribution in [1.82, 2.24) is 4.98 Å². The van der Waals surface area contributed by atoms with Crippen molar-refractivity contribution in [1.29, 1.82) is 0 Å². The highest BCUT2D eigenvalue weighted by atomic mass is 16.5. The van der Waals surface area contributed by atoms with E-state index in [2.05, 4.69) is 9.98 Å². The lowest BCUT2D eigenvalue weighted by atomic mass is 10.2. The number of aliphatic imine (C=N–C) groups is 1. The number of ether oxygens (including phenoxy) is 1. The lowest BCUT2D eigenvalue weighted by molar-refractivity contribution is 0.414. The summed E-state index contributed by atoms with van der Waals surface area (Å²) >= 11 is 0. The predicted octanol–water partition coefficient (Wildman–Crippen LogP) is 2.84. The molecule has 0 N–H and O–H groups in total. The molecule has 0 fully saturated rings. The molecule has 0 bridgehead atoms. The van der Waals surface area contributed by atoms with Crippen molar-refractivity contribution >= 4 is 12.0 Å². The van der Waals surface area contributed by atoms with E-state index in [0.717, 1.165) is 11.3 Å². The van der Waals surface area contributed by atoms with Crippen LogP contribution >= 0.6 is 0 Å². The van der Waals surface area contributed by atoms with Gasteiger partial charge in [0.1, 0.15) is 5.75 Å². The number of pyridine rings is 1. The standard InChI is InChI=1S/C13H12N2O/c1-16-12-7-3-2-6-11(12)10-15-13-8-4-5-9-14-13/h2-10H,1H3/b15-10+. The van der Waals surface area contributed by atoms with Crippen LogP contribution in [-0.2, 0) is 0 Å². The second-order valence-electron chi connectivity index (χ2n) is 3.19. The third-order valence-corrected chi connectivity index (χ3v) is 2.12. The third-order valence-electron chi connectivity index (χ3n) is 2.12. The number of benzene rings is 1. The molecule has 0 aliphatic carbocycles. The van der Waals surface area contributed by atoms with E-state index in [0.29, 0.717) is 5.82 Å². The molecule has 0 spiro atoms. The molecular weight excluding hydrogens is 200 g/mol. The molecular formula is C13H12N2O. The van der Waals surface area contributed by atoms with Crippen LogP contribution in [0.2, 0.25) is 0 Å². The molecule has 0 aliphatic heterocycles. The number of rotatable bonds is 3. The van der Waals surface area contributed by atoms with Crippen LogP contribution < -0.4 is 4.74 Å². The monoisotopic (exact) mass is 212 g/mol. The molecule has 0 atom stereocenters. The zero-order valence-corrected chi connectivity index (χ0v) is 9.00. The van der Waals surface area contributed by atoms with E-state index in [1.54, 1.807) is 19.5 Å².